The second kappa shape index (κ2) is 4.09. The van der Waals surface area contributed by atoms with Crippen molar-refractivity contribution in [3.8, 4) is 11.3 Å². The van der Waals surface area contributed by atoms with Crippen LogP contribution in [0.15, 0.2) is 48.5 Å². The van der Waals surface area contributed by atoms with E-state index in [2.05, 4.69) is 5.10 Å². The van der Waals surface area contributed by atoms with Gasteiger partial charge >= 0.3 is 0 Å². The van der Waals surface area contributed by atoms with Crippen molar-refractivity contribution in [2.24, 2.45) is 0 Å². The van der Waals surface area contributed by atoms with Crippen LogP contribution in [0.2, 0.25) is 0 Å². The van der Waals surface area contributed by atoms with Crippen molar-refractivity contribution in [3.63, 3.8) is 0 Å². The average molecular weight is 254 g/mol. The monoisotopic (exact) mass is 254 g/mol. The van der Waals surface area contributed by atoms with Gasteiger partial charge < -0.3 is 5.84 Å². The van der Waals surface area contributed by atoms with Crippen molar-refractivity contribution in [2.75, 3.05) is 5.84 Å². The van der Waals surface area contributed by atoms with Crippen LogP contribution in [0, 0.1) is 10.1 Å². The van der Waals surface area contributed by atoms with E-state index in [4.69, 9.17) is 5.84 Å². The van der Waals surface area contributed by atoms with Crippen LogP contribution < -0.4 is 5.84 Å². The first kappa shape index (κ1) is 11.2. The zero-order valence-electron chi connectivity index (χ0n) is 9.85. The van der Waals surface area contributed by atoms with Crippen LogP contribution in [0.3, 0.4) is 0 Å². The van der Waals surface area contributed by atoms with Gasteiger partial charge in [-0.05, 0) is 6.07 Å². The summed E-state index contributed by atoms with van der Waals surface area (Å²) in [4.78, 5) is 11.7. The number of hydrogen-bond donors (Lipinski definition) is 1. The first-order valence-corrected chi connectivity index (χ1v) is 5.64. The molecule has 0 fully saturated rings. The third-order valence-corrected chi connectivity index (χ3v) is 2.95. The predicted octanol–water partition coefficient (Wildman–Crippen LogP) is 2.33. The van der Waals surface area contributed by atoms with Crippen molar-refractivity contribution in [1.29, 1.82) is 0 Å². The predicted molar refractivity (Wildman–Crippen MR) is 72.0 cm³/mol. The number of nitrogens with zero attached hydrogens (tertiary/aromatic N) is 3. The highest BCUT2D eigenvalue weighted by molar-refractivity contribution is 5.94. The molecule has 0 spiro atoms. The summed E-state index contributed by atoms with van der Waals surface area (Å²) in [6.07, 6.45) is 0. The number of nitrogen functional groups attached to an aromatic ring is 1. The number of nitrogens with two attached hydrogens (primary N) is 1. The van der Waals surface area contributed by atoms with Crippen molar-refractivity contribution in [2.45, 2.75) is 0 Å². The number of benzene rings is 2. The molecule has 2 N–H and O–H groups in total. The molecule has 3 aromatic rings. The average Bonchev–Trinajstić information content (AvgIpc) is 2.77. The highest BCUT2D eigenvalue weighted by atomic mass is 16.6. The fourth-order valence-electron chi connectivity index (χ4n) is 2.05. The molecule has 3 rings (SSSR count). The molecule has 0 aliphatic heterocycles. The Hall–Kier alpha value is -2.89. The van der Waals surface area contributed by atoms with Crippen molar-refractivity contribution < 1.29 is 4.92 Å². The molecule has 0 aliphatic carbocycles. The Morgan fingerprint density at radius 2 is 1.89 bits per heavy atom. The Morgan fingerprint density at radius 1 is 1.16 bits per heavy atom. The number of nitro groups is 1. The lowest BCUT2D eigenvalue weighted by molar-refractivity contribution is -0.384. The maximum absolute atomic E-state index is 10.8. The van der Waals surface area contributed by atoms with Crippen LogP contribution in [0.25, 0.3) is 22.2 Å². The van der Waals surface area contributed by atoms with Crippen LogP contribution in [0.5, 0.6) is 0 Å². The highest BCUT2D eigenvalue weighted by Crippen LogP contribution is 2.29. The van der Waals surface area contributed by atoms with E-state index in [1.54, 1.807) is 6.07 Å². The van der Waals surface area contributed by atoms with Crippen molar-refractivity contribution in [3.05, 3.63) is 58.6 Å². The summed E-state index contributed by atoms with van der Waals surface area (Å²) in [5.74, 6) is 5.78. The normalized spacial score (nSPS) is 10.7. The minimum Gasteiger partial charge on any atom is -0.323 e. The lowest BCUT2D eigenvalue weighted by Gasteiger charge is -1.96. The standard InChI is InChI=1S/C13H10N4O2/c14-16-12-7-6-10(17(18)19)8-11(12)13(15-16)9-4-2-1-3-5-9/h1-8H,14H2. The van der Waals surface area contributed by atoms with E-state index >= 15 is 0 Å². The molecule has 0 radical (unpaired) electrons. The van der Waals surface area contributed by atoms with E-state index in [1.165, 1.54) is 16.9 Å². The Bertz CT molecular complexity index is 765. The van der Waals surface area contributed by atoms with Crippen LogP contribution in [0.4, 0.5) is 5.69 Å². The van der Waals surface area contributed by atoms with Gasteiger partial charge in [-0.15, -0.1) is 0 Å². The number of non-ortho nitro benzene ring substituents is 1. The minimum atomic E-state index is -0.429. The van der Waals surface area contributed by atoms with Gasteiger partial charge in [0.15, 0.2) is 0 Å². The Morgan fingerprint density at radius 3 is 2.58 bits per heavy atom. The van der Waals surface area contributed by atoms with Gasteiger partial charge in [0.05, 0.1) is 10.4 Å². The molecule has 0 saturated carbocycles. The van der Waals surface area contributed by atoms with Gasteiger partial charge in [0.1, 0.15) is 5.69 Å². The second-order valence-electron chi connectivity index (χ2n) is 4.12. The van der Waals surface area contributed by atoms with E-state index < -0.39 is 4.92 Å². The lowest BCUT2D eigenvalue weighted by Crippen LogP contribution is -2.09. The molecule has 6 nitrogen and oxygen atoms in total. The second-order valence-corrected chi connectivity index (χ2v) is 4.12. The van der Waals surface area contributed by atoms with Crippen LogP contribution >= 0.6 is 0 Å². The van der Waals surface area contributed by atoms with Crippen molar-refractivity contribution in [1.82, 2.24) is 9.89 Å². The van der Waals surface area contributed by atoms with Gasteiger partial charge in [0.2, 0.25) is 0 Å². The van der Waals surface area contributed by atoms with Crippen LogP contribution in [-0.4, -0.2) is 14.8 Å². The smallest absolute Gasteiger partial charge is 0.270 e. The number of fused-ring (bicyclic) bond motifs is 1. The summed E-state index contributed by atoms with van der Waals surface area (Å²) in [5, 5.41) is 15.7. The lowest BCUT2D eigenvalue weighted by atomic mass is 10.1. The molecule has 1 aromatic heterocycles. The molecule has 2 aromatic carbocycles. The van der Waals surface area contributed by atoms with E-state index in [9.17, 15) is 10.1 Å². The first-order valence-electron chi connectivity index (χ1n) is 5.64. The third kappa shape index (κ3) is 1.79. The SMILES string of the molecule is Nn1nc(-c2ccccc2)c2cc([N+](=O)[O-])ccc21. The van der Waals surface area contributed by atoms with Crippen LogP contribution in [-0.2, 0) is 0 Å². The molecule has 6 heteroatoms. The molecule has 0 aliphatic rings. The zero-order valence-corrected chi connectivity index (χ0v) is 9.85. The molecule has 0 bridgehead atoms. The molecule has 0 amide bonds. The van der Waals surface area contributed by atoms with Crippen molar-refractivity contribution >= 4 is 16.6 Å². The van der Waals surface area contributed by atoms with Crippen LogP contribution in [0.1, 0.15) is 0 Å². The summed E-state index contributed by atoms with van der Waals surface area (Å²) in [6.45, 7) is 0. The molecular weight excluding hydrogens is 244 g/mol. The maximum atomic E-state index is 10.8. The number of rotatable bonds is 2. The number of hydrogen-bond acceptors (Lipinski definition) is 4. The Labute approximate surface area is 108 Å². The van der Waals surface area contributed by atoms with Gasteiger partial charge in [-0.1, -0.05) is 30.3 Å². The van der Waals surface area contributed by atoms with E-state index in [0.29, 0.717) is 16.6 Å². The number of aromatic nitrogens is 2. The van der Waals surface area contributed by atoms with Gasteiger partial charge in [-0.3, -0.25) is 10.1 Å². The molecule has 0 atom stereocenters. The van der Waals surface area contributed by atoms with E-state index in [-0.39, 0.29) is 5.69 Å². The largest absolute Gasteiger partial charge is 0.323 e. The molecule has 94 valence electrons. The highest BCUT2D eigenvalue weighted by Gasteiger charge is 2.15. The van der Waals surface area contributed by atoms with E-state index in [1.807, 2.05) is 30.3 Å². The zero-order chi connectivity index (χ0) is 13.4. The fourth-order valence-corrected chi connectivity index (χ4v) is 2.05. The summed E-state index contributed by atoms with van der Waals surface area (Å²) in [6, 6.07) is 14.0. The third-order valence-electron chi connectivity index (χ3n) is 2.95. The molecule has 0 saturated heterocycles. The van der Waals surface area contributed by atoms with Gasteiger partial charge in [0, 0.05) is 23.1 Å². The first-order chi connectivity index (χ1) is 9.16. The molecule has 0 unspecified atom stereocenters. The minimum absolute atomic E-state index is 0.0256. The van der Waals surface area contributed by atoms with Gasteiger partial charge in [-0.2, -0.15) is 9.89 Å². The Kier molecular flexibility index (Phi) is 2.42. The quantitative estimate of drug-likeness (QED) is 0.432. The summed E-state index contributed by atoms with van der Waals surface area (Å²) >= 11 is 0. The van der Waals surface area contributed by atoms with Gasteiger partial charge in [0.25, 0.3) is 5.69 Å². The summed E-state index contributed by atoms with van der Waals surface area (Å²) in [5.41, 5.74) is 2.20. The number of nitro benzene ring substituents is 1. The van der Waals surface area contributed by atoms with Gasteiger partial charge in [-0.25, -0.2) is 0 Å². The Balaban J connectivity index is 2.30. The summed E-state index contributed by atoms with van der Waals surface area (Å²) in [7, 11) is 0. The fraction of sp³-hybridized carbons (Fsp3) is 0. The molecule has 19 heavy (non-hydrogen) atoms. The summed E-state index contributed by atoms with van der Waals surface area (Å²) < 4.78 is 0. The topological polar surface area (TPSA) is 87.0 Å². The molecular formula is C13H10N4O2. The maximum Gasteiger partial charge on any atom is 0.270 e. The van der Waals surface area contributed by atoms with E-state index in [0.717, 1.165) is 5.56 Å². The molecule has 1 heterocycles.